The standard InChI is InChI=1S/C16H20ClN3O2.ClH/c17-13-4-2-1-3-12(13)11-14(21)19-7-9-20(10-8-19)15(22)16(18)5-6-16;/h1-4H,5-11,18H2;1H. The monoisotopic (exact) mass is 357 g/mol. The molecule has 3 rings (SSSR count). The summed E-state index contributed by atoms with van der Waals surface area (Å²) in [6, 6.07) is 7.38. The van der Waals surface area contributed by atoms with Crippen LogP contribution in [0.5, 0.6) is 0 Å². The number of carbonyl (C=O) groups is 2. The van der Waals surface area contributed by atoms with Gasteiger partial charge in [0, 0.05) is 31.2 Å². The summed E-state index contributed by atoms with van der Waals surface area (Å²) in [6.45, 7) is 2.24. The molecule has 0 atom stereocenters. The topological polar surface area (TPSA) is 66.6 Å². The average molecular weight is 358 g/mol. The van der Waals surface area contributed by atoms with Gasteiger partial charge in [-0.2, -0.15) is 0 Å². The van der Waals surface area contributed by atoms with Crippen LogP contribution in [0.25, 0.3) is 0 Å². The molecule has 0 unspecified atom stereocenters. The number of nitrogens with zero attached hydrogens (tertiary/aromatic N) is 2. The van der Waals surface area contributed by atoms with Crippen molar-refractivity contribution < 1.29 is 9.59 Å². The summed E-state index contributed by atoms with van der Waals surface area (Å²) in [5, 5.41) is 0.614. The molecule has 7 heteroatoms. The highest BCUT2D eigenvalue weighted by Gasteiger charge is 2.48. The summed E-state index contributed by atoms with van der Waals surface area (Å²) in [5.74, 6) is 0.0831. The summed E-state index contributed by atoms with van der Waals surface area (Å²) in [7, 11) is 0. The number of hydrogen-bond acceptors (Lipinski definition) is 3. The van der Waals surface area contributed by atoms with Gasteiger partial charge in [0.05, 0.1) is 12.0 Å². The number of hydrogen-bond donors (Lipinski definition) is 1. The Kier molecular flexibility index (Phi) is 5.55. The fourth-order valence-electron chi connectivity index (χ4n) is 2.74. The second-order valence-corrected chi connectivity index (χ2v) is 6.50. The molecule has 2 N–H and O–H groups in total. The molecule has 23 heavy (non-hydrogen) atoms. The van der Waals surface area contributed by atoms with Crippen molar-refractivity contribution in [2.45, 2.75) is 24.8 Å². The van der Waals surface area contributed by atoms with Gasteiger partial charge in [-0.25, -0.2) is 0 Å². The maximum atomic E-state index is 12.3. The van der Waals surface area contributed by atoms with E-state index < -0.39 is 5.54 Å². The van der Waals surface area contributed by atoms with Crippen LogP contribution < -0.4 is 5.73 Å². The molecule has 0 radical (unpaired) electrons. The molecule has 0 bridgehead atoms. The van der Waals surface area contributed by atoms with E-state index in [1.54, 1.807) is 15.9 Å². The van der Waals surface area contributed by atoms with Gasteiger partial charge in [0.15, 0.2) is 0 Å². The molecule has 126 valence electrons. The van der Waals surface area contributed by atoms with Gasteiger partial charge in [-0.3, -0.25) is 9.59 Å². The molecular weight excluding hydrogens is 337 g/mol. The molecule has 2 amide bonds. The minimum absolute atomic E-state index is 0. The van der Waals surface area contributed by atoms with E-state index in [-0.39, 0.29) is 24.2 Å². The van der Waals surface area contributed by atoms with E-state index in [0.717, 1.165) is 18.4 Å². The van der Waals surface area contributed by atoms with E-state index in [0.29, 0.717) is 37.6 Å². The molecule has 5 nitrogen and oxygen atoms in total. The maximum Gasteiger partial charge on any atom is 0.242 e. The Morgan fingerprint density at radius 3 is 2.22 bits per heavy atom. The Morgan fingerprint density at radius 2 is 1.65 bits per heavy atom. The van der Waals surface area contributed by atoms with Crippen LogP contribution in [-0.2, 0) is 16.0 Å². The molecule has 1 heterocycles. The van der Waals surface area contributed by atoms with E-state index >= 15 is 0 Å². The van der Waals surface area contributed by atoms with Crippen LogP contribution in [0.4, 0.5) is 0 Å². The predicted octanol–water partition coefficient (Wildman–Crippen LogP) is 1.47. The Bertz CT molecular complexity index is 597. The number of benzene rings is 1. The number of amides is 2. The second-order valence-electron chi connectivity index (χ2n) is 6.10. The number of halogens is 2. The molecule has 1 aromatic carbocycles. The van der Waals surface area contributed by atoms with Crippen LogP contribution in [0.1, 0.15) is 18.4 Å². The SMILES string of the molecule is Cl.NC1(C(=O)N2CCN(C(=O)Cc3ccccc3Cl)CC2)CC1. The first-order valence-electron chi connectivity index (χ1n) is 7.59. The molecule has 2 fully saturated rings. The summed E-state index contributed by atoms with van der Waals surface area (Å²) < 4.78 is 0. The highest BCUT2D eigenvalue weighted by molar-refractivity contribution is 6.31. The number of nitrogens with two attached hydrogens (primary N) is 1. The second kappa shape index (κ2) is 7.07. The van der Waals surface area contributed by atoms with Gasteiger partial charge in [0.1, 0.15) is 0 Å². The normalized spacial score (nSPS) is 19.0. The van der Waals surface area contributed by atoms with Crippen molar-refractivity contribution in [2.75, 3.05) is 26.2 Å². The van der Waals surface area contributed by atoms with Crippen LogP contribution in [0.15, 0.2) is 24.3 Å². The summed E-state index contributed by atoms with van der Waals surface area (Å²) in [6.07, 6.45) is 1.85. The molecular formula is C16H21Cl2N3O2. The fourth-order valence-corrected chi connectivity index (χ4v) is 2.94. The third-order valence-electron chi connectivity index (χ3n) is 4.43. The Morgan fingerprint density at radius 1 is 1.09 bits per heavy atom. The van der Waals surface area contributed by atoms with Gasteiger partial charge in [-0.15, -0.1) is 12.4 Å². The van der Waals surface area contributed by atoms with Crippen LogP contribution in [0.2, 0.25) is 5.02 Å². The molecule has 0 aromatic heterocycles. The van der Waals surface area contributed by atoms with Gasteiger partial charge in [-0.1, -0.05) is 29.8 Å². The Labute approximate surface area is 147 Å². The first-order valence-corrected chi connectivity index (χ1v) is 7.97. The van der Waals surface area contributed by atoms with Crippen molar-refractivity contribution in [3.63, 3.8) is 0 Å². The molecule has 2 aliphatic rings. The lowest BCUT2D eigenvalue weighted by Gasteiger charge is -2.36. The third-order valence-corrected chi connectivity index (χ3v) is 4.80. The predicted molar refractivity (Wildman–Crippen MR) is 91.7 cm³/mol. The zero-order valence-corrected chi connectivity index (χ0v) is 14.4. The lowest BCUT2D eigenvalue weighted by Crippen LogP contribution is -2.55. The van der Waals surface area contributed by atoms with E-state index in [1.807, 2.05) is 18.2 Å². The number of rotatable bonds is 3. The van der Waals surface area contributed by atoms with Crippen LogP contribution in [-0.4, -0.2) is 53.3 Å². The van der Waals surface area contributed by atoms with Crippen molar-refractivity contribution in [3.8, 4) is 0 Å². The molecule has 1 aliphatic heterocycles. The Balaban J connectivity index is 0.00000192. The summed E-state index contributed by atoms with van der Waals surface area (Å²) in [5.41, 5.74) is 6.17. The summed E-state index contributed by atoms with van der Waals surface area (Å²) in [4.78, 5) is 28.1. The van der Waals surface area contributed by atoms with E-state index in [2.05, 4.69) is 0 Å². The fraction of sp³-hybridized carbons (Fsp3) is 0.500. The first kappa shape index (κ1) is 18.0. The smallest absolute Gasteiger partial charge is 0.242 e. The third kappa shape index (κ3) is 3.97. The van der Waals surface area contributed by atoms with E-state index in [9.17, 15) is 9.59 Å². The van der Waals surface area contributed by atoms with Crippen LogP contribution in [0, 0.1) is 0 Å². The van der Waals surface area contributed by atoms with Crippen LogP contribution in [0.3, 0.4) is 0 Å². The van der Waals surface area contributed by atoms with Gasteiger partial charge in [0.2, 0.25) is 11.8 Å². The minimum atomic E-state index is -0.621. The maximum absolute atomic E-state index is 12.3. The highest BCUT2D eigenvalue weighted by Crippen LogP contribution is 2.34. The minimum Gasteiger partial charge on any atom is -0.339 e. The van der Waals surface area contributed by atoms with Crippen molar-refractivity contribution in [1.29, 1.82) is 0 Å². The van der Waals surface area contributed by atoms with Gasteiger partial charge in [0.25, 0.3) is 0 Å². The molecule has 1 aromatic rings. The quantitative estimate of drug-likeness (QED) is 0.890. The van der Waals surface area contributed by atoms with E-state index in [1.165, 1.54) is 0 Å². The van der Waals surface area contributed by atoms with Gasteiger partial charge >= 0.3 is 0 Å². The molecule has 0 spiro atoms. The number of carbonyl (C=O) groups excluding carboxylic acids is 2. The molecule has 1 saturated carbocycles. The highest BCUT2D eigenvalue weighted by atomic mass is 35.5. The van der Waals surface area contributed by atoms with Crippen molar-refractivity contribution in [3.05, 3.63) is 34.9 Å². The van der Waals surface area contributed by atoms with Gasteiger partial charge < -0.3 is 15.5 Å². The first-order chi connectivity index (χ1) is 10.5. The van der Waals surface area contributed by atoms with E-state index in [4.69, 9.17) is 17.3 Å². The average Bonchev–Trinajstić information content (AvgIpc) is 3.28. The van der Waals surface area contributed by atoms with Crippen LogP contribution >= 0.6 is 24.0 Å². The Hall–Kier alpha value is -1.30. The molecule has 1 aliphatic carbocycles. The van der Waals surface area contributed by atoms with Crippen molar-refractivity contribution in [1.82, 2.24) is 9.80 Å². The largest absolute Gasteiger partial charge is 0.339 e. The lowest BCUT2D eigenvalue weighted by atomic mass is 10.1. The lowest BCUT2D eigenvalue weighted by molar-refractivity contribution is -0.140. The van der Waals surface area contributed by atoms with Gasteiger partial charge in [-0.05, 0) is 24.5 Å². The summed E-state index contributed by atoms with van der Waals surface area (Å²) >= 11 is 6.09. The van der Waals surface area contributed by atoms with Crippen molar-refractivity contribution in [2.24, 2.45) is 5.73 Å². The molecule has 1 saturated heterocycles. The van der Waals surface area contributed by atoms with Crippen molar-refractivity contribution >= 4 is 35.8 Å². The number of piperazine rings is 1. The zero-order valence-electron chi connectivity index (χ0n) is 12.8. The zero-order chi connectivity index (χ0) is 15.7.